The maximum absolute atomic E-state index is 5.97. The predicted octanol–water partition coefficient (Wildman–Crippen LogP) is 6.31. The number of anilines is 1. The third-order valence-corrected chi connectivity index (χ3v) is 6.51. The molecule has 5 rings (SSSR count). The summed E-state index contributed by atoms with van der Waals surface area (Å²) in [5, 5.41) is 5.34. The maximum Gasteiger partial charge on any atom is 0.0362 e. The largest absolute Gasteiger partial charge is 0.399 e. The molecule has 0 aliphatic rings. The van der Waals surface area contributed by atoms with Crippen molar-refractivity contribution in [3.8, 4) is 0 Å². The average Bonchev–Trinajstić information content (AvgIpc) is 3.02. The standard InChI is InChI=1S/C19H13NS2/c1-10-2-4-16-12(6-10)14-8-19-15(9-18(14)21-16)13-7-11(20)3-5-17(13)22-19/h2-9H,20H2,1H3. The quantitative estimate of drug-likeness (QED) is 0.332. The number of thiophene rings is 2. The molecule has 1 nitrogen and oxygen atoms in total. The van der Waals surface area contributed by atoms with E-state index in [1.54, 1.807) is 0 Å². The minimum Gasteiger partial charge on any atom is -0.399 e. The fourth-order valence-electron chi connectivity index (χ4n) is 3.18. The van der Waals surface area contributed by atoms with Gasteiger partial charge >= 0.3 is 0 Å². The second kappa shape index (κ2) is 4.22. The number of nitrogen functional groups attached to an aromatic ring is 1. The van der Waals surface area contributed by atoms with Crippen LogP contribution in [0.5, 0.6) is 0 Å². The molecule has 0 aliphatic heterocycles. The Hall–Kier alpha value is -2.10. The van der Waals surface area contributed by atoms with Gasteiger partial charge in [0.1, 0.15) is 0 Å². The van der Waals surface area contributed by atoms with E-state index in [-0.39, 0.29) is 0 Å². The first-order chi connectivity index (χ1) is 10.7. The van der Waals surface area contributed by atoms with Crippen LogP contribution in [0.3, 0.4) is 0 Å². The van der Waals surface area contributed by atoms with Gasteiger partial charge in [-0.3, -0.25) is 0 Å². The zero-order chi connectivity index (χ0) is 14.8. The van der Waals surface area contributed by atoms with Crippen molar-refractivity contribution in [3.63, 3.8) is 0 Å². The molecule has 0 amide bonds. The molecule has 106 valence electrons. The van der Waals surface area contributed by atoms with Gasteiger partial charge in [-0.05, 0) is 49.4 Å². The lowest BCUT2D eigenvalue weighted by molar-refractivity contribution is 1.52. The SMILES string of the molecule is Cc1ccc2sc3cc4c(cc3c2c1)sc1ccc(N)cc14. The van der Waals surface area contributed by atoms with E-state index in [1.165, 1.54) is 45.9 Å². The summed E-state index contributed by atoms with van der Waals surface area (Å²) in [5.41, 5.74) is 8.12. The van der Waals surface area contributed by atoms with Crippen LogP contribution < -0.4 is 5.73 Å². The monoisotopic (exact) mass is 319 g/mol. The van der Waals surface area contributed by atoms with Gasteiger partial charge < -0.3 is 5.73 Å². The van der Waals surface area contributed by atoms with Crippen LogP contribution in [0.4, 0.5) is 5.69 Å². The van der Waals surface area contributed by atoms with E-state index < -0.39 is 0 Å². The lowest BCUT2D eigenvalue weighted by atomic mass is 10.1. The molecule has 22 heavy (non-hydrogen) atoms. The zero-order valence-corrected chi connectivity index (χ0v) is 13.6. The van der Waals surface area contributed by atoms with Crippen LogP contribution in [0.2, 0.25) is 0 Å². The maximum atomic E-state index is 5.97. The average molecular weight is 319 g/mol. The molecule has 0 unspecified atom stereocenters. The predicted molar refractivity (Wildman–Crippen MR) is 101 cm³/mol. The molecule has 0 saturated carbocycles. The fraction of sp³-hybridized carbons (Fsp3) is 0.0526. The first-order valence-electron chi connectivity index (χ1n) is 7.24. The van der Waals surface area contributed by atoms with Crippen LogP contribution in [0.1, 0.15) is 5.56 Å². The number of fused-ring (bicyclic) bond motifs is 6. The van der Waals surface area contributed by atoms with Crippen molar-refractivity contribution in [2.45, 2.75) is 6.92 Å². The number of aryl methyl sites for hydroxylation is 1. The third kappa shape index (κ3) is 1.64. The van der Waals surface area contributed by atoms with E-state index in [0.717, 1.165) is 5.69 Å². The molecule has 2 heterocycles. The van der Waals surface area contributed by atoms with Crippen molar-refractivity contribution in [2.24, 2.45) is 0 Å². The number of nitrogens with two attached hydrogens (primary N) is 1. The van der Waals surface area contributed by atoms with Crippen molar-refractivity contribution in [2.75, 3.05) is 5.73 Å². The zero-order valence-electron chi connectivity index (χ0n) is 12.0. The van der Waals surface area contributed by atoms with Crippen molar-refractivity contribution < 1.29 is 0 Å². The van der Waals surface area contributed by atoms with E-state index >= 15 is 0 Å². The number of benzene rings is 3. The summed E-state index contributed by atoms with van der Waals surface area (Å²) in [6.45, 7) is 2.16. The molecule has 0 saturated heterocycles. The molecule has 0 bridgehead atoms. The van der Waals surface area contributed by atoms with Gasteiger partial charge in [-0.1, -0.05) is 11.6 Å². The molecule has 3 heteroatoms. The van der Waals surface area contributed by atoms with E-state index in [1.807, 2.05) is 28.7 Å². The van der Waals surface area contributed by atoms with Gasteiger partial charge in [-0.2, -0.15) is 0 Å². The van der Waals surface area contributed by atoms with Gasteiger partial charge in [-0.15, -0.1) is 22.7 Å². The Bertz CT molecular complexity index is 1100. The Morgan fingerprint density at radius 3 is 1.86 bits per heavy atom. The first kappa shape index (κ1) is 12.4. The third-order valence-electron chi connectivity index (χ3n) is 4.24. The van der Waals surface area contributed by atoms with Gasteiger partial charge in [0.25, 0.3) is 0 Å². The molecule has 5 aromatic rings. The fourth-order valence-corrected chi connectivity index (χ4v) is 5.39. The Kier molecular flexibility index (Phi) is 2.38. The highest BCUT2D eigenvalue weighted by Gasteiger charge is 2.11. The summed E-state index contributed by atoms with van der Waals surface area (Å²) in [5.74, 6) is 0. The highest BCUT2D eigenvalue weighted by Crippen LogP contribution is 2.42. The molecule has 0 radical (unpaired) electrons. The van der Waals surface area contributed by atoms with Crippen molar-refractivity contribution in [1.82, 2.24) is 0 Å². The van der Waals surface area contributed by atoms with Gasteiger partial charge in [0.05, 0.1) is 0 Å². The van der Waals surface area contributed by atoms with Gasteiger partial charge in [0.2, 0.25) is 0 Å². The summed E-state index contributed by atoms with van der Waals surface area (Å²) in [7, 11) is 0. The molecule has 0 atom stereocenters. The van der Waals surface area contributed by atoms with Crippen LogP contribution in [0.25, 0.3) is 40.3 Å². The molecular weight excluding hydrogens is 306 g/mol. The lowest BCUT2D eigenvalue weighted by Gasteiger charge is -1.96. The molecule has 3 aromatic carbocycles. The number of rotatable bonds is 0. The van der Waals surface area contributed by atoms with Gasteiger partial charge in [0, 0.05) is 46.0 Å². The molecule has 2 N–H and O–H groups in total. The van der Waals surface area contributed by atoms with Crippen LogP contribution in [-0.2, 0) is 0 Å². The van der Waals surface area contributed by atoms with E-state index in [0.29, 0.717) is 0 Å². The second-order valence-electron chi connectivity index (χ2n) is 5.80. The summed E-state index contributed by atoms with van der Waals surface area (Å²) < 4.78 is 5.37. The summed E-state index contributed by atoms with van der Waals surface area (Å²) in [4.78, 5) is 0. The highest BCUT2D eigenvalue weighted by atomic mass is 32.1. The van der Waals surface area contributed by atoms with Crippen LogP contribution in [0, 0.1) is 6.92 Å². The number of hydrogen-bond donors (Lipinski definition) is 1. The Labute approximate surface area is 135 Å². The normalized spacial score (nSPS) is 12.0. The minimum absolute atomic E-state index is 0.833. The summed E-state index contributed by atoms with van der Waals surface area (Å²) in [6.07, 6.45) is 0. The highest BCUT2D eigenvalue weighted by molar-refractivity contribution is 7.27. The Morgan fingerprint density at radius 1 is 0.636 bits per heavy atom. The first-order valence-corrected chi connectivity index (χ1v) is 8.87. The van der Waals surface area contributed by atoms with Crippen LogP contribution >= 0.6 is 22.7 Å². The minimum atomic E-state index is 0.833. The van der Waals surface area contributed by atoms with Crippen molar-refractivity contribution in [3.05, 3.63) is 54.1 Å². The van der Waals surface area contributed by atoms with Crippen LogP contribution in [-0.4, -0.2) is 0 Å². The van der Waals surface area contributed by atoms with E-state index in [9.17, 15) is 0 Å². The molecule has 2 aromatic heterocycles. The summed E-state index contributed by atoms with van der Waals surface area (Å²) >= 11 is 3.73. The topological polar surface area (TPSA) is 26.0 Å². The smallest absolute Gasteiger partial charge is 0.0362 e. The Morgan fingerprint density at radius 2 is 1.18 bits per heavy atom. The second-order valence-corrected chi connectivity index (χ2v) is 7.97. The van der Waals surface area contributed by atoms with Gasteiger partial charge in [0.15, 0.2) is 0 Å². The lowest BCUT2D eigenvalue weighted by Crippen LogP contribution is -1.81. The van der Waals surface area contributed by atoms with Crippen LogP contribution in [0.15, 0.2) is 48.5 Å². The Balaban J connectivity index is 1.99. The molecule has 0 aliphatic carbocycles. The molecule has 0 fully saturated rings. The molecular formula is C19H13NS2. The van der Waals surface area contributed by atoms with Crippen molar-refractivity contribution in [1.29, 1.82) is 0 Å². The van der Waals surface area contributed by atoms with Crippen molar-refractivity contribution >= 4 is 68.7 Å². The summed E-state index contributed by atoms with van der Waals surface area (Å²) in [6, 6.07) is 17.6. The molecule has 0 spiro atoms. The van der Waals surface area contributed by atoms with E-state index in [4.69, 9.17) is 5.73 Å². The number of hydrogen-bond acceptors (Lipinski definition) is 3. The van der Waals surface area contributed by atoms with Gasteiger partial charge in [-0.25, -0.2) is 0 Å². The van der Waals surface area contributed by atoms with E-state index in [2.05, 4.69) is 49.4 Å².